The summed E-state index contributed by atoms with van der Waals surface area (Å²) in [5, 5.41) is 0. The number of aromatic nitrogens is 1. The van der Waals surface area contributed by atoms with Crippen molar-refractivity contribution in [2.24, 2.45) is 0 Å². The molecule has 0 aromatic carbocycles. The van der Waals surface area contributed by atoms with Crippen molar-refractivity contribution in [3.63, 3.8) is 0 Å². The molecule has 0 saturated heterocycles. The Morgan fingerprint density at radius 2 is 2.54 bits per heavy atom. The largest absolute Gasteiger partial charge is 0.350 e. The molecule has 1 aliphatic rings. The smallest absolute Gasteiger partial charge is 0.132 e. The van der Waals surface area contributed by atoms with Crippen molar-refractivity contribution in [2.75, 3.05) is 0 Å². The molecule has 1 aromatic heterocycles. The average Bonchev–Trinajstić information content (AvgIpc) is 2.65. The highest BCUT2D eigenvalue weighted by Crippen LogP contribution is 2.35. The molecule has 1 atom stereocenters. The number of aryl methyl sites for hydroxylation is 1. The molecular formula is C11H15NO. The first-order valence-electron chi connectivity index (χ1n) is 4.94. The van der Waals surface area contributed by atoms with Gasteiger partial charge >= 0.3 is 0 Å². The minimum atomic E-state index is -0.193. The van der Waals surface area contributed by atoms with Crippen molar-refractivity contribution in [3.8, 4) is 0 Å². The van der Waals surface area contributed by atoms with Crippen LogP contribution in [0.1, 0.15) is 31.9 Å². The van der Waals surface area contributed by atoms with Crippen molar-refractivity contribution in [1.82, 2.24) is 4.57 Å². The number of aldehydes is 1. The van der Waals surface area contributed by atoms with E-state index >= 15 is 0 Å². The van der Waals surface area contributed by atoms with E-state index in [2.05, 4.69) is 23.8 Å². The van der Waals surface area contributed by atoms with E-state index < -0.39 is 0 Å². The van der Waals surface area contributed by atoms with E-state index in [0.29, 0.717) is 0 Å². The minimum absolute atomic E-state index is 0.193. The standard InChI is InChI=1S/C11H15NO/c1-2-11(9-13)6-4-8-12-7-3-5-10(11)12/h3,5,7,9H,2,4,6,8H2,1H3/t11-/m1/s1. The highest BCUT2D eigenvalue weighted by atomic mass is 16.1. The molecule has 0 N–H and O–H groups in total. The number of carbonyl (C=O) groups excluding carboxylic acids is 1. The van der Waals surface area contributed by atoms with Crippen LogP contribution in [-0.4, -0.2) is 10.9 Å². The van der Waals surface area contributed by atoms with Gasteiger partial charge in [0.15, 0.2) is 0 Å². The van der Waals surface area contributed by atoms with Crippen LogP contribution < -0.4 is 0 Å². The zero-order valence-corrected chi connectivity index (χ0v) is 7.99. The molecule has 2 heterocycles. The van der Waals surface area contributed by atoms with Crippen LogP contribution in [0.2, 0.25) is 0 Å². The molecule has 0 aliphatic carbocycles. The summed E-state index contributed by atoms with van der Waals surface area (Å²) in [5.74, 6) is 0. The van der Waals surface area contributed by atoms with Crippen LogP contribution in [0.5, 0.6) is 0 Å². The summed E-state index contributed by atoms with van der Waals surface area (Å²) < 4.78 is 2.21. The first-order chi connectivity index (χ1) is 6.32. The molecule has 1 aliphatic heterocycles. The fourth-order valence-corrected chi connectivity index (χ4v) is 2.31. The van der Waals surface area contributed by atoms with Gasteiger partial charge in [0.25, 0.3) is 0 Å². The third kappa shape index (κ3) is 1.12. The van der Waals surface area contributed by atoms with Crippen LogP contribution in [-0.2, 0) is 16.8 Å². The zero-order chi connectivity index (χ0) is 9.31. The van der Waals surface area contributed by atoms with E-state index in [0.717, 1.165) is 32.1 Å². The van der Waals surface area contributed by atoms with E-state index in [-0.39, 0.29) is 5.41 Å². The maximum atomic E-state index is 11.2. The zero-order valence-electron chi connectivity index (χ0n) is 7.99. The van der Waals surface area contributed by atoms with Crippen LogP contribution in [0.4, 0.5) is 0 Å². The highest BCUT2D eigenvalue weighted by molar-refractivity contribution is 5.68. The summed E-state index contributed by atoms with van der Waals surface area (Å²) in [6.45, 7) is 3.16. The van der Waals surface area contributed by atoms with Gasteiger partial charge in [0.2, 0.25) is 0 Å². The Kier molecular flexibility index (Phi) is 1.98. The number of rotatable bonds is 2. The van der Waals surface area contributed by atoms with Crippen LogP contribution >= 0.6 is 0 Å². The summed E-state index contributed by atoms with van der Waals surface area (Å²) in [6, 6.07) is 4.12. The van der Waals surface area contributed by atoms with Gasteiger partial charge in [0.05, 0.1) is 5.41 Å². The molecule has 0 radical (unpaired) electrons. The predicted molar refractivity (Wildman–Crippen MR) is 51.7 cm³/mol. The van der Waals surface area contributed by atoms with E-state index in [1.807, 2.05) is 6.07 Å². The summed E-state index contributed by atoms with van der Waals surface area (Å²) in [4.78, 5) is 11.2. The van der Waals surface area contributed by atoms with Gasteiger partial charge in [0, 0.05) is 18.4 Å². The number of hydrogen-bond acceptors (Lipinski definition) is 1. The van der Waals surface area contributed by atoms with Gasteiger partial charge in [0.1, 0.15) is 6.29 Å². The monoisotopic (exact) mass is 177 g/mol. The predicted octanol–water partition coefficient (Wildman–Crippen LogP) is 2.13. The Labute approximate surface area is 78.6 Å². The third-order valence-electron chi connectivity index (χ3n) is 3.22. The summed E-state index contributed by atoms with van der Waals surface area (Å²) in [7, 11) is 0. The molecule has 0 saturated carbocycles. The lowest BCUT2D eigenvalue weighted by Gasteiger charge is -2.32. The van der Waals surface area contributed by atoms with E-state index in [1.165, 1.54) is 5.69 Å². The Balaban J connectivity index is 2.49. The van der Waals surface area contributed by atoms with Gasteiger partial charge in [-0.25, -0.2) is 0 Å². The maximum absolute atomic E-state index is 11.2. The molecule has 1 aromatic rings. The first-order valence-corrected chi connectivity index (χ1v) is 4.94. The minimum Gasteiger partial charge on any atom is -0.350 e. The SMILES string of the molecule is CC[C@]1(C=O)CCCn2cccc21. The molecule has 70 valence electrons. The Bertz CT molecular complexity index is 316. The molecule has 13 heavy (non-hydrogen) atoms. The lowest BCUT2D eigenvalue weighted by atomic mass is 9.77. The Morgan fingerprint density at radius 1 is 1.69 bits per heavy atom. The third-order valence-corrected chi connectivity index (χ3v) is 3.22. The van der Waals surface area contributed by atoms with E-state index in [1.54, 1.807) is 0 Å². The molecule has 0 amide bonds. The Hall–Kier alpha value is -1.05. The Morgan fingerprint density at radius 3 is 3.23 bits per heavy atom. The van der Waals surface area contributed by atoms with Crippen molar-refractivity contribution in [3.05, 3.63) is 24.0 Å². The first kappa shape index (κ1) is 8.54. The quantitative estimate of drug-likeness (QED) is 0.634. The lowest BCUT2D eigenvalue weighted by molar-refractivity contribution is -0.113. The molecular weight excluding hydrogens is 162 g/mol. The van der Waals surface area contributed by atoms with Crippen molar-refractivity contribution in [1.29, 1.82) is 0 Å². The molecule has 2 nitrogen and oxygen atoms in total. The fraction of sp³-hybridized carbons (Fsp3) is 0.545. The summed E-state index contributed by atoms with van der Waals surface area (Å²) >= 11 is 0. The summed E-state index contributed by atoms with van der Waals surface area (Å²) in [6.07, 6.45) is 6.26. The number of carbonyl (C=O) groups is 1. The molecule has 0 unspecified atom stereocenters. The second-order valence-corrected chi connectivity index (χ2v) is 3.82. The van der Waals surface area contributed by atoms with Gasteiger partial charge < -0.3 is 9.36 Å². The molecule has 2 heteroatoms. The normalized spacial score (nSPS) is 26.8. The van der Waals surface area contributed by atoms with E-state index in [9.17, 15) is 4.79 Å². The van der Waals surface area contributed by atoms with Crippen LogP contribution in [0, 0.1) is 0 Å². The molecule has 0 spiro atoms. The number of nitrogens with zero attached hydrogens (tertiary/aromatic N) is 1. The topological polar surface area (TPSA) is 22.0 Å². The second-order valence-electron chi connectivity index (χ2n) is 3.82. The molecule has 0 bridgehead atoms. The van der Waals surface area contributed by atoms with Gasteiger partial charge in [-0.05, 0) is 31.4 Å². The van der Waals surface area contributed by atoms with Crippen LogP contribution in [0.15, 0.2) is 18.3 Å². The summed E-state index contributed by atoms with van der Waals surface area (Å²) in [5.41, 5.74) is 1.01. The van der Waals surface area contributed by atoms with Crippen LogP contribution in [0.25, 0.3) is 0 Å². The lowest BCUT2D eigenvalue weighted by Crippen LogP contribution is -2.34. The fourth-order valence-electron chi connectivity index (χ4n) is 2.31. The van der Waals surface area contributed by atoms with Gasteiger partial charge in [-0.1, -0.05) is 6.92 Å². The van der Waals surface area contributed by atoms with Gasteiger partial charge in [-0.3, -0.25) is 0 Å². The highest BCUT2D eigenvalue weighted by Gasteiger charge is 2.34. The van der Waals surface area contributed by atoms with Gasteiger partial charge in [-0.15, -0.1) is 0 Å². The van der Waals surface area contributed by atoms with Crippen molar-refractivity contribution >= 4 is 6.29 Å². The molecule has 0 fully saturated rings. The molecule has 2 rings (SSSR count). The number of fused-ring (bicyclic) bond motifs is 1. The van der Waals surface area contributed by atoms with Gasteiger partial charge in [-0.2, -0.15) is 0 Å². The van der Waals surface area contributed by atoms with Crippen molar-refractivity contribution in [2.45, 2.75) is 38.1 Å². The number of hydrogen-bond donors (Lipinski definition) is 0. The maximum Gasteiger partial charge on any atom is 0.132 e. The van der Waals surface area contributed by atoms with E-state index in [4.69, 9.17) is 0 Å². The average molecular weight is 177 g/mol. The van der Waals surface area contributed by atoms with Crippen molar-refractivity contribution < 1.29 is 4.79 Å². The second kappa shape index (κ2) is 3.02. The van der Waals surface area contributed by atoms with Crippen LogP contribution in [0.3, 0.4) is 0 Å².